The lowest BCUT2D eigenvalue weighted by Gasteiger charge is -2.24. The van der Waals surface area contributed by atoms with Gasteiger partial charge in [-0.2, -0.15) is 5.26 Å². The van der Waals surface area contributed by atoms with Gasteiger partial charge in [0.2, 0.25) is 0 Å². The first-order valence-electron chi connectivity index (χ1n) is 6.36. The van der Waals surface area contributed by atoms with E-state index in [2.05, 4.69) is 16.7 Å². The number of benzene rings is 1. The van der Waals surface area contributed by atoms with Gasteiger partial charge in [-0.1, -0.05) is 19.9 Å². The third kappa shape index (κ3) is 4.46. The molecule has 0 atom stereocenters. The Morgan fingerprint density at radius 2 is 2.06 bits per heavy atom. The molecule has 0 unspecified atom stereocenters. The standard InChI is InChI=1S/C12H15N3.C2H6.H2/c13-9-10-2-1-3-12(8-10)15-11-4-6-14-7-5-11;1-2;/h1-3,8,11,14-15H,4-7H2;1-2H3;1H. The van der Waals surface area contributed by atoms with E-state index in [9.17, 15) is 0 Å². The zero-order valence-corrected chi connectivity index (χ0v) is 10.7. The summed E-state index contributed by atoms with van der Waals surface area (Å²) in [4.78, 5) is 0. The van der Waals surface area contributed by atoms with Crippen molar-refractivity contribution >= 4 is 5.69 Å². The maximum atomic E-state index is 8.78. The Balaban J connectivity index is 0.000000917. The number of anilines is 1. The Bertz CT molecular complexity index is 368. The molecule has 17 heavy (non-hydrogen) atoms. The van der Waals surface area contributed by atoms with Gasteiger partial charge >= 0.3 is 0 Å². The summed E-state index contributed by atoms with van der Waals surface area (Å²) in [7, 11) is 0. The average molecular weight is 233 g/mol. The molecule has 1 fully saturated rings. The maximum Gasteiger partial charge on any atom is 0.0992 e. The van der Waals surface area contributed by atoms with E-state index in [0.29, 0.717) is 11.6 Å². The molecule has 0 spiro atoms. The smallest absolute Gasteiger partial charge is 0.0992 e. The van der Waals surface area contributed by atoms with E-state index in [1.807, 2.05) is 38.1 Å². The van der Waals surface area contributed by atoms with Crippen molar-refractivity contribution in [1.29, 1.82) is 5.26 Å². The molecular formula is C14H23N3. The summed E-state index contributed by atoms with van der Waals surface area (Å²) in [5, 5.41) is 15.6. The van der Waals surface area contributed by atoms with Crippen LogP contribution in [-0.2, 0) is 0 Å². The fourth-order valence-electron chi connectivity index (χ4n) is 1.88. The number of nitriles is 1. The van der Waals surface area contributed by atoms with Gasteiger partial charge in [0.25, 0.3) is 0 Å². The summed E-state index contributed by atoms with van der Waals surface area (Å²) in [6.45, 7) is 6.16. The predicted octanol–water partition coefficient (Wildman–Crippen LogP) is 2.99. The Labute approximate surface area is 105 Å². The summed E-state index contributed by atoms with van der Waals surface area (Å²) < 4.78 is 0. The second-order valence-corrected chi connectivity index (χ2v) is 3.86. The first kappa shape index (κ1) is 13.5. The van der Waals surface area contributed by atoms with Gasteiger partial charge < -0.3 is 10.6 Å². The van der Waals surface area contributed by atoms with Crippen molar-refractivity contribution in [3.05, 3.63) is 29.8 Å². The fourth-order valence-corrected chi connectivity index (χ4v) is 1.88. The lowest BCUT2D eigenvalue weighted by atomic mass is 10.1. The molecule has 1 aromatic rings. The number of nitrogens with zero attached hydrogens (tertiary/aromatic N) is 1. The molecule has 1 saturated heterocycles. The fraction of sp³-hybridized carbons (Fsp3) is 0.500. The van der Waals surface area contributed by atoms with E-state index in [1.54, 1.807) is 0 Å². The average Bonchev–Trinajstić information content (AvgIpc) is 2.42. The van der Waals surface area contributed by atoms with Crippen LogP contribution in [-0.4, -0.2) is 19.1 Å². The Morgan fingerprint density at radius 1 is 1.35 bits per heavy atom. The maximum absolute atomic E-state index is 8.78. The van der Waals surface area contributed by atoms with Crippen LogP contribution in [0.2, 0.25) is 0 Å². The third-order valence-corrected chi connectivity index (χ3v) is 2.70. The van der Waals surface area contributed by atoms with Crippen LogP contribution < -0.4 is 10.6 Å². The highest BCUT2D eigenvalue weighted by Crippen LogP contribution is 2.14. The lowest BCUT2D eigenvalue weighted by Crippen LogP contribution is -2.35. The number of rotatable bonds is 2. The van der Waals surface area contributed by atoms with Crippen LogP contribution in [0.15, 0.2) is 24.3 Å². The normalized spacial score (nSPS) is 15.4. The zero-order chi connectivity index (χ0) is 12.5. The van der Waals surface area contributed by atoms with Crippen LogP contribution >= 0.6 is 0 Å². The van der Waals surface area contributed by atoms with Gasteiger partial charge in [-0.25, -0.2) is 0 Å². The zero-order valence-electron chi connectivity index (χ0n) is 10.7. The monoisotopic (exact) mass is 233 g/mol. The molecule has 2 rings (SSSR count). The molecule has 0 radical (unpaired) electrons. The van der Waals surface area contributed by atoms with Gasteiger partial charge in [-0.05, 0) is 44.1 Å². The molecule has 0 aliphatic carbocycles. The molecule has 0 amide bonds. The van der Waals surface area contributed by atoms with E-state index >= 15 is 0 Å². The van der Waals surface area contributed by atoms with Gasteiger partial charge in [0.05, 0.1) is 11.6 Å². The third-order valence-electron chi connectivity index (χ3n) is 2.70. The SMILES string of the molecule is CC.N#Cc1cccc(NC2CCNCC2)c1.[HH]. The van der Waals surface area contributed by atoms with Crippen LogP contribution in [0, 0.1) is 11.3 Å². The summed E-state index contributed by atoms with van der Waals surface area (Å²) in [5.74, 6) is 0. The number of hydrogen-bond donors (Lipinski definition) is 2. The lowest BCUT2D eigenvalue weighted by molar-refractivity contribution is 0.479. The molecule has 0 aromatic heterocycles. The van der Waals surface area contributed by atoms with E-state index in [-0.39, 0.29) is 1.43 Å². The minimum absolute atomic E-state index is 0. The Hall–Kier alpha value is -1.53. The number of hydrogen-bond acceptors (Lipinski definition) is 3. The van der Waals surface area contributed by atoms with E-state index in [4.69, 9.17) is 5.26 Å². The highest BCUT2D eigenvalue weighted by molar-refractivity contribution is 5.49. The second kappa shape index (κ2) is 7.70. The molecule has 94 valence electrons. The molecule has 3 nitrogen and oxygen atoms in total. The molecule has 1 heterocycles. The summed E-state index contributed by atoms with van der Waals surface area (Å²) in [5.41, 5.74) is 1.77. The van der Waals surface area contributed by atoms with Crippen molar-refractivity contribution in [3.63, 3.8) is 0 Å². The number of piperidine rings is 1. The van der Waals surface area contributed by atoms with Crippen LogP contribution in [0.25, 0.3) is 0 Å². The van der Waals surface area contributed by atoms with Crippen molar-refractivity contribution in [2.45, 2.75) is 32.7 Å². The van der Waals surface area contributed by atoms with Gasteiger partial charge in [0.15, 0.2) is 0 Å². The summed E-state index contributed by atoms with van der Waals surface area (Å²) in [6.07, 6.45) is 2.30. The molecule has 1 aliphatic rings. The van der Waals surface area contributed by atoms with Crippen LogP contribution in [0.3, 0.4) is 0 Å². The highest BCUT2D eigenvalue weighted by atomic mass is 15.0. The molecule has 0 saturated carbocycles. The first-order valence-corrected chi connectivity index (χ1v) is 6.36. The van der Waals surface area contributed by atoms with Crippen LogP contribution in [0.4, 0.5) is 5.69 Å². The topological polar surface area (TPSA) is 47.9 Å². The van der Waals surface area contributed by atoms with Crippen molar-refractivity contribution in [3.8, 4) is 6.07 Å². The molecule has 3 heteroatoms. The minimum atomic E-state index is 0. The Kier molecular flexibility index (Phi) is 6.13. The molecule has 0 bridgehead atoms. The molecule has 1 aliphatic heterocycles. The summed E-state index contributed by atoms with van der Waals surface area (Å²) >= 11 is 0. The van der Waals surface area contributed by atoms with Crippen LogP contribution in [0.1, 0.15) is 33.7 Å². The number of nitrogens with one attached hydrogen (secondary N) is 2. The quantitative estimate of drug-likeness (QED) is 0.825. The van der Waals surface area contributed by atoms with Gasteiger partial charge in [-0.3, -0.25) is 0 Å². The van der Waals surface area contributed by atoms with Gasteiger partial charge in [-0.15, -0.1) is 0 Å². The first-order chi connectivity index (χ1) is 8.38. The van der Waals surface area contributed by atoms with Crippen molar-refractivity contribution in [2.24, 2.45) is 0 Å². The van der Waals surface area contributed by atoms with E-state index < -0.39 is 0 Å². The van der Waals surface area contributed by atoms with Crippen molar-refractivity contribution in [2.75, 3.05) is 18.4 Å². The Morgan fingerprint density at radius 3 is 2.71 bits per heavy atom. The largest absolute Gasteiger partial charge is 0.382 e. The van der Waals surface area contributed by atoms with Crippen molar-refractivity contribution < 1.29 is 1.43 Å². The molecular weight excluding hydrogens is 210 g/mol. The highest BCUT2D eigenvalue weighted by Gasteiger charge is 2.12. The van der Waals surface area contributed by atoms with Crippen molar-refractivity contribution in [1.82, 2.24) is 5.32 Å². The van der Waals surface area contributed by atoms with E-state index in [0.717, 1.165) is 31.6 Å². The second-order valence-electron chi connectivity index (χ2n) is 3.86. The minimum Gasteiger partial charge on any atom is -0.382 e. The van der Waals surface area contributed by atoms with E-state index in [1.165, 1.54) is 0 Å². The molecule has 2 N–H and O–H groups in total. The van der Waals surface area contributed by atoms with Gasteiger partial charge in [0, 0.05) is 13.2 Å². The molecule has 1 aromatic carbocycles. The van der Waals surface area contributed by atoms with Crippen LogP contribution in [0.5, 0.6) is 0 Å². The van der Waals surface area contributed by atoms with Gasteiger partial charge in [0.1, 0.15) is 0 Å². The summed E-state index contributed by atoms with van der Waals surface area (Å²) in [6, 6.07) is 10.4. The predicted molar refractivity (Wildman–Crippen MR) is 74.1 cm³/mol.